The first-order valence-electron chi connectivity index (χ1n) is 7.17. The third kappa shape index (κ3) is 2.44. The van der Waals surface area contributed by atoms with E-state index in [0.29, 0.717) is 11.6 Å². The summed E-state index contributed by atoms with van der Waals surface area (Å²) in [5.74, 6) is 0.800. The van der Waals surface area contributed by atoms with E-state index in [4.69, 9.17) is 11.6 Å². The number of hydrogen-bond donors (Lipinski definition) is 0. The van der Waals surface area contributed by atoms with Gasteiger partial charge in [-0.1, -0.05) is 17.7 Å². The van der Waals surface area contributed by atoms with E-state index in [9.17, 15) is 0 Å². The highest BCUT2D eigenvalue weighted by molar-refractivity contribution is 7.09. The van der Waals surface area contributed by atoms with Crippen LogP contribution < -0.4 is 0 Å². The highest BCUT2D eigenvalue weighted by atomic mass is 35.5. The molecule has 0 bridgehead atoms. The number of imidazole rings is 1. The van der Waals surface area contributed by atoms with E-state index in [2.05, 4.69) is 25.0 Å². The van der Waals surface area contributed by atoms with Crippen LogP contribution >= 0.6 is 22.9 Å². The summed E-state index contributed by atoms with van der Waals surface area (Å²) in [6.45, 7) is 2.68. The summed E-state index contributed by atoms with van der Waals surface area (Å²) in [4.78, 5) is 9.02. The molecular weight excluding hydrogens is 330 g/mol. The van der Waals surface area contributed by atoms with Crippen LogP contribution in [0.3, 0.4) is 0 Å². The van der Waals surface area contributed by atoms with Gasteiger partial charge in [-0.3, -0.25) is 4.68 Å². The van der Waals surface area contributed by atoms with Crippen LogP contribution in [0.1, 0.15) is 10.7 Å². The molecule has 0 saturated heterocycles. The fraction of sp³-hybridized carbons (Fsp3) is 0.188. The zero-order valence-electron chi connectivity index (χ0n) is 12.7. The highest BCUT2D eigenvalue weighted by Gasteiger charge is 2.18. The molecule has 0 aliphatic heterocycles. The summed E-state index contributed by atoms with van der Waals surface area (Å²) in [6, 6.07) is 5.82. The normalized spacial score (nSPS) is 11.4. The van der Waals surface area contributed by atoms with Crippen LogP contribution in [0.15, 0.2) is 36.0 Å². The van der Waals surface area contributed by atoms with Gasteiger partial charge >= 0.3 is 0 Å². The average Bonchev–Trinajstić information content (AvgIpc) is 3.21. The van der Waals surface area contributed by atoms with Crippen LogP contribution in [-0.4, -0.2) is 24.3 Å². The predicted molar refractivity (Wildman–Crippen MR) is 92.9 cm³/mol. The topological polar surface area (TPSA) is 48.5 Å². The Labute approximate surface area is 142 Å². The van der Waals surface area contributed by atoms with E-state index in [1.165, 1.54) is 0 Å². The van der Waals surface area contributed by atoms with E-state index in [1.54, 1.807) is 17.5 Å². The van der Waals surface area contributed by atoms with Crippen LogP contribution in [0.25, 0.3) is 22.4 Å². The minimum Gasteiger partial charge on any atom is -0.324 e. The molecule has 5 nitrogen and oxygen atoms in total. The highest BCUT2D eigenvalue weighted by Crippen LogP contribution is 2.32. The summed E-state index contributed by atoms with van der Waals surface area (Å²) in [7, 11) is 1.92. The van der Waals surface area contributed by atoms with E-state index in [-0.39, 0.29) is 0 Å². The van der Waals surface area contributed by atoms with E-state index in [0.717, 1.165) is 33.1 Å². The molecular formula is C16H14ClN5S. The molecule has 0 amide bonds. The Balaban J connectivity index is 1.85. The third-order valence-corrected chi connectivity index (χ3v) is 4.89. The van der Waals surface area contributed by atoms with Crippen molar-refractivity contribution in [1.82, 2.24) is 24.3 Å². The number of nitrogens with zero attached hydrogens (tertiary/aromatic N) is 5. The zero-order chi connectivity index (χ0) is 16.0. The number of aryl methyl sites for hydroxylation is 2. The summed E-state index contributed by atoms with van der Waals surface area (Å²) in [6.07, 6.45) is 3.73. The molecule has 0 aliphatic carbocycles. The van der Waals surface area contributed by atoms with E-state index >= 15 is 0 Å². The van der Waals surface area contributed by atoms with Crippen LogP contribution in [0, 0.1) is 6.92 Å². The Kier molecular flexibility index (Phi) is 3.43. The van der Waals surface area contributed by atoms with Crippen molar-refractivity contribution in [2.75, 3.05) is 0 Å². The van der Waals surface area contributed by atoms with Crippen molar-refractivity contribution in [2.24, 2.45) is 7.05 Å². The first-order valence-corrected chi connectivity index (χ1v) is 8.43. The monoisotopic (exact) mass is 343 g/mol. The molecule has 7 heteroatoms. The molecule has 23 heavy (non-hydrogen) atoms. The summed E-state index contributed by atoms with van der Waals surface area (Å²) >= 11 is 8.06. The second kappa shape index (κ2) is 5.47. The fourth-order valence-corrected chi connectivity index (χ4v) is 3.60. The predicted octanol–water partition coefficient (Wildman–Crippen LogP) is 3.90. The van der Waals surface area contributed by atoms with Gasteiger partial charge in [-0.2, -0.15) is 5.10 Å². The maximum absolute atomic E-state index is 6.41. The summed E-state index contributed by atoms with van der Waals surface area (Å²) < 4.78 is 3.89. The zero-order valence-corrected chi connectivity index (χ0v) is 14.3. The summed E-state index contributed by atoms with van der Waals surface area (Å²) in [5, 5.41) is 9.38. The Morgan fingerprint density at radius 1 is 1.30 bits per heavy atom. The molecule has 1 aromatic carbocycles. The number of thiazole rings is 1. The van der Waals surface area contributed by atoms with Crippen molar-refractivity contribution in [3.05, 3.63) is 51.7 Å². The minimum atomic E-state index is 0.669. The Morgan fingerprint density at radius 3 is 2.96 bits per heavy atom. The van der Waals surface area contributed by atoms with Crippen LogP contribution in [0.4, 0.5) is 0 Å². The Hall–Kier alpha value is -2.18. The van der Waals surface area contributed by atoms with Gasteiger partial charge in [0, 0.05) is 30.2 Å². The van der Waals surface area contributed by atoms with Crippen molar-refractivity contribution in [3.8, 4) is 11.5 Å². The average molecular weight is 344 g/mol. The molecule has 0 radical (unpaired) electrons. The quantitative estimate of drug-likeness (QED) is 0.566. The Bertz CT molecular complexity index is 997. The standard InChI is InChI=1S/C16H14ClN5S/c1-10-19-11(9-23-10)8-22-7-6-18-16(22)15-14-12(17)4-3-5-13(14)21(2)20-15/h3-7,9H,8H2,1-2H3. The first kappa shape index (κ1) is 14.4. The third-order valence-electron chi connectivity index (χ3n) is 3.75. The van der Waals surface area contributed by atoms with E-state index < -0.39 is 0 Å². The number of hydrogen-bond acceptors (Lipinski definition) is 4. The molecule has 0 N–H and O–H groups in total. The van der Waals surface area contributed by atoms with Crippen molar-refractivity contribution < 1.29 is 0 Å². The smallest absolute Gasteiger partial charge is 0.161 e. The molecule has 3 aromatic heterocycles. The molecule has 0 spiro atoms. The molecule has 0 fully saturated rings. The number of halogens is 1. The van der Waals surface area contributed by atoms with Crippen LogP contribution in [0.5, 0.6) is 0 Å². The number of rotatable bonds is 3. The van der Waals surface area contributed by atoms with E-state index in [1.807, 2.05) is 43.0 Å². The van der Waals surface area contributed by atoms with Crippen LogP contribution in [0.2, 0.25) is 5.02 Å². The van der Waals surface area contributed by atoms with Crippen LogP contribution in [-0.2, 0) is 13.6 Å². The van der Waals surface area contributed by atoms with Gasteiger partial charge in [0.05, 0.1) is 27.8 Å². The molecule has 4 aromatic rings. The van der Waals surface area contributed by atoms with Gasteiger partial charge in [-0.15, -0.1) is 11.3 Å². The van der Waals surface area contributed by atoms with Crippen molar-refractivity contribution in [2.45, 2.75) is 13.5 Å². The summed E-state index contributed by atoms with van der Waals surface area (Å²) in [5.41, 5.74) is 2.81. The number of fused-ring (bicyclic) bond motifs is 1. The lowest BCUT2D eigenvalue weighted by atomic mass is 10.2. The second-order valence-electron chi connectivity index (χ2n) is 5.34. The number of aromatic nitrogens is 5. The van der Waals surface area contributed by atoms with Gasteiger partial charge in [0.1, 0.15) is 5.69 Å². The molecule has 0 saturated carbocycles. The van der Waals surface area contributed by atoms with Gasteiger partial charge in [-0.05, 0) is 19.1 Å². The SMILES string of the molecule is Cc1nc(Cn2ccnc2-c2nn(C)c3cccc(Cl)c23)cs1. The maximum Gasteiger partial charge on any atom is 0.161 e. The molecule has 0 aliphatic rings. The molecule has 3 heterocycles. The molecule has 0 unspecified atom stereocenters. The van der Waals surface area contributed by atoms with Gasteiger partial charge in [-0.25, -0.2) is 9.97 Å². The fourth-order valence-electron chi connectivity index (χ4n) is 2.74. The van der Waals surface area contributed by atoms with Crippen molar-refractivity contribution >= 4 is 33.8 Å². The molecule has 4 rings (SSSR count). The lowest BCUT2D eigenvalue weighted by Crippen LogP contribution is -2.02. The lowest BCUT2D eigenvalue weighted by Gasteiger charge is -2.05. The maximum atomic E-state index is 6.41. The van der Waals surface area contributed by atoms with Crippen molar-refractivity contribution in [3.63, 3.8) is 0 Å². The van der Waals surface area contributed by atoms with Gasteiger partial charge in [0.15, 0.2) is 5.82 Å². The molecule has 116 valence electrons. The first-order chi connectivity index (χ1) is 11.1. The second-order valence-corrected chi connectivity index (χ2v) is 6.81. The molecule has 0 atom stereocenters. The van der Waals surface area contributed by atoms with Gasteiger partial charge < -0.3 is 4.57 Å². The number of benzene rings is 1. The van der Waals surface area contributed by atoms with Gasteiger partial charge in [0.2, 0.25) is 0 Å². The minimum absolute atomic E-state index is 0.669. The largest absolute Gasteiger partial charge is 0.324 e. The van der Waals surface area contributed by atoms with Gasteiger partial charge in [0.25, 0.3) is 0 Å². The van der Waals surface area contributed by atoms with Crippen molar-refractivity contribution in [1.29, 1.82) is 0 Å². The lowest BCUT2D eigenvalue weighted by molar-refractivity contribution is 0.765. The Morgan fingerprint density at radius 2 is 2.17 bits per heavy atom.